The fourth-order valence-electron chi connectivity index (χ4n) is 0.992. The lowest BCUT2D eigenvalue weighted by Gasteiger charge is -2.11. The van der Waals surface area contributed by atoms with Crippen LogP contribution < -0.4 is 16.2 Å². The van der Waals surface area contributed by atoms with E-state index in [0.29, 0.717) is 13.0 Å². The number of hydrogen-bond donors (Lipinski definition) is 3. The number of sulfonamides is 1. The van der Waals surface area contributed by atoms with Crippen LogP contribution in [0.15, 0.2) is 0 Å². The second-order valence-electron chi connectivity index (χ2n) is 3.40. The molecule has 0 spiro atoms. The van der Waals surface area contributed by atoms with Crippen molar-refractivity contribution in [3.8, 4) is 0 Å². The van der Waals surface area contributed by atoms with Gasteiger partial charge in [-0.3, -0.25) is 4.79 Å². The van der Waals surface area contributed by atoms with Crippen molar-refractivity contribution in [2.24, 2.45) is 10.9 Å². The van der Waals surface area contributed by atoms with Crippen LogP contribution in [0, 0.1) is 0 Å². The molecule has 0 aliphatic carbocycles. The molecule has 1 amide bonds. The van der Waals surface area contributed by atoms with Gasteiger partial charge in [0.25, 0.3) is 0 Å². The van der Waals surface area contributed by atoms with Crippen LogP contribution >= 0.6 is 0 Å². The minimum Gasteiger partial charge on any atom is -0.385 e. The molecular formula is C8H19N3O4S. The summed E-state index contributed by atoms with van der Waals surface area (Å²) >= 11 is 0. The summed E-state index contributed by atoms with van der Waals surface area (Å²) in [6, 6.07) is -0.630. The first-order valence-electron chi connectivity index (χ1n) is 4.89. The molecule has 0 aliphatic rings. The zero-order valence-corrected chi connectivity index (χ0v) is 10.1. The van der Waals surface area contributed by atoms with Crippen LogP contribution in [0.25, 0.3) is 0 Å². The maximum Gasteiger partial charge on any atom is 0.237 e. The van der Waals surface area contributed by atoms with Crippen LogP contribution in [0.3, 0.4) is 0 Å². The van der Waals surface area contributed by atoms with E-state index in [1.54, 1.807) is 0 Å². The van der Waals surface area contributed by atoms with E-state index in [-0.39, 0.29) is 24.6 Å². The lowest BCUT2D eigenvalue weighted by molar-refractivity contribution is -0.122. The molecule has 0 bridgehead atoms. The fourth-order valence-corrected chi connectivity index (χ4v) is 1.54. The first-order chi connectivity index (χ1) is 7.37. The third-order valence-electron chi connectivity index (χ3n) is 1.87. The summed E-state index contributed by atoms with van der Waals surface area (Å²) in [6.07, 6.45) is 0.707. The number of hydrogen-bond acceptors (Lipinski definition) is 5. The predicted molar refractivity (Wildman–Crippen MR) is 60.1 cm³/mol. The second kappa shape index (κ2) is 7.55. The summed E-state index contributed by atoms with van der Waals surface area (Å²) in [5, 5.41) is 7.32. The number of nitrogens with one attached hydrogen (secondary N) is 1. The molecule has 0 heterocycles. The zero-order chi connectivity index (χ0) is 12.6. The molecule has 1 atom stereocenters. The Bertz CT molecular complexity index is 304. The van der Waals surface area contributed by atoms with E-state index >= 15 is 0 Å². The van der Waals surface area contributed by atoms with Crippen molar-refractivity contribution in [3.63, 3.8) is 0 Å². The second-order valence-corrected chi connectivity index (χ2v) is 5.13. The Morgan fingerprint density at radius 2 is 2.12 bits per heavy atom. The van der Waals surface area contributed by atoms with E-state index in [0.717, 1.165) is 0 Å². The number of nitrogens with two attached hydrogens (primary N) is 2. The molecule has 0 fully saturated rings. The lowest BCUT2D eigenvalue weighted by atomic mass is 10.2. The molecule has 0 aromatic rings. The molecule has 0 aromatic carbocycles. The van der Waals surface area contributed by atoms with E-state index in [1.807, 2.05) is 0 Å². The standard InChI is InChI=1S/C8H19N3O4S/c1-15-5-3-7(9)8(12)11-4-2-6-16(10,13)14/h7H,2-6,9H2,1H3,(H,11,12)(H2,10,13,14). The van der Waals surface area contributed by atoms with Crippen LogP contribution in [0.1, 0.15) is 12.8 Å². The van der Waals surface area contributed by atoms with Gasteiger partial charge in [-0.15, -0.1) is 0 Å². The molecule has 0 rings (SSSR count). The van der Waals surface area contributed by atoms with Crippen molar-refractivity contribution in [3.05, 3.63) is 0 Å². The molecule has 0 radical (unpaired) electrons. The van der Waals surface area contributed by atoms with Gasteiger partial charge in [0.1, 0.15) is 0 Å². The Morgan fingerprint density at radius 3 is 2.62 bits per heavy atom. The summed E-state index contributed by atoms with van der Waals surface area (Å²) < 4.78 is 25.9. The minimum atomic E-state index is -3.46. The van der Waals surface area contributed by atoms with Gasteiger partial charge in [0.2, 0.25) is 15.9 Å². The van der Waals surface area contributed by atoms with Gasteiger partial charge in [0.05, 0.1) is 11.8 Å². The van der Waals surface area contributed by atoms with Gasteiger partial charge in [0.15, 0.2) is 0 Å². The Labute approximate surface area is 95.6 Å². The zero-order valence-electron chi connectivity index (χ0n) is 9.31. The largest absolute Gasteiger partial charge is 0.385 e. The molecule has 0 saturated heterocycles. The van der Waals surface area contributed by atoms with Gasteiger partial charge in [0, 0.05) is 20.3 Å². The van der Waals surface area contributed by atoms with Crippen molar-refractivity contribution in [1.82, 2.24) is 5.32 Å². The van der Waals surface area contributed by atoms with Crippen molar-refractivity contribution in [2.75, 3.05) is 26.0 Å². The highest BCUT2D eigenvalue weighted by molar-refractivity contribution is 7.89. The third-order valence-corrected chi connectivity index (χ3v) is 2.73. The molecule has 0 saturated carbocycles. The summed E-state index contributed by atoms with van der Waals surface area (Å²) in [5.74, 6) is -0.466. The fraction of sp³-hybridized carbons (Fsp3) is 0.875. The van der Waals surface area contributed by atoms with Gasteiger partial charge >= 0.3 is 0 Å². The molecule has 0 aliphatic heterocycles. The van der Waals surface area contributed by atoms with Crippen molar-refractivity contribution < 1.29 is 17.9 Å². The normalized spacial score (nSPS) is 13.4. The number of ether oxygens (including phenoxy) is 1. The topological polar surface area (TPSA) is 125 Å². The van der Waals surface area contributed by atoms with E-state index in [1.165, 1.54) is 7.11 Å². The van der Waals surface area contributed by atoms with Crippen LogP contribution in [-0.4, -0.2) is 46.4 Å². The Hall–Kier alpha value is -0.700. The minimum absolute atomic E-state index is 0.152. The van der Waals surface area contributed by atoms with Crippen LogP contribution in [0.4, 0.5) is 0 Å². The Morgan fingerprint density at radius 1 is 1.50 bits per heavy atom. The first-order valence-corrected chi connectivity index (χ1v) is 6.61. The van der Waals surface area contributed by atoms with Crippen LogP contribution in [0.2, 0.25) is 0 Å². The number of rotatable bonds is 8. The summed E-state index contributed by atoms with van der Waals surface area (Å²) in [6.45, 7) is 0.654. The Balaban J connectivity index is 3.65. The van der Waals surface area contributed by atoms with E-state index < -0.39 is 16.1 Å². The highest BCUT2D eigenvalue weighted by Gasteiger charge is 2.12. The quantitative estimate of drug-likeness (QED) is 0.438. The summed E-state index contributed by atoms with van der Waals surface area (Å²) in [7, 11) is -1.93. The van der Waals surface area contributed by atoms with Gasteiger partial charge in [-0.2, -0.15) is 0 Å². The monoisotopic (exact) mass is 253 g/mol. The smallest absolute Gasteiger partial charge is 0.237 e. The van der Waals surface area contributed by atoms with E-state index in [2.05, 4.69) is 5.32 Å². The molecule has 8 heteroatoms. The lowest BCUT2D eigenvalue weighted by Crippen LogP contribution is -2.41. The molecule has 96 valence electrons. The van der Waals surface area contributed by atoms with Crippen molar-refractivity contribution >= 4 is 15.9 Å². The number of carbonyl (C=O) groups is 1. The predicted octanol–water partition coefficient (Wildman–Crippen LogP) is -1.85. The molecule has 1 unspecified atom stereocenters. The third kappa shape index (κ3) is 8.60. The number of amides is 1. The van der Waals surface area contributed by atoms with Gasteiger partial charge in [-0.05, 0) is 12.8 Å². The highest BCUT2D eigenvalue weighted by atomic mass is 32.2. The number of primary sulfonamides is 1. The van der Waals surface area contributed by atoms with Crippen molar-refractivity contribution in [1.29, 1.82) is 0 Å². The molecule has 5 N–H and O–H groups in total. The van der Waals surface area contributed by atoms with Gasteiger partial charge in [-0.1, -0.05) is 0 Å². The SMILES string of the molecule is COCCC(N)C(=O)NCCCS(N)(=O)=O. The Kier molecular flexibility index (Phi) is 7.22. The first kappa shape index (κ1) is 15.3. The molecule has 7 nitrogen and oxygen atoms in total. The van der Waals surface area contributed by atoms with Crippen LogP contribution in [-0.2, 0) is 19.6 Å². The molecular weight excluding hydrogens is 234 g/mol. The average molecular weight is 253 g/mol. The van der Waals surface area contributed by atoms with Crippen LogP contribution in [0.5, 0.6) is 0 Å². The maximum atomic E-state index is 11.3. The van der Waals surface area contributed by atoms with Crippen molar-refractivity contribution in [2.45, 2.75) is 18.9 Å². The van der Waals surface area contributed by atoms with E-state index in [4.69, 9.17) is 15.6 Å². The summed E-state index contributed by atoms with van der Waals surface area (Å²) in [5.41, 5.74) is 5.54. The average Bonchev–Trinajstić information content (AvgIpc) is 2.19. The molecule has 0 aromatic heterocycles. The highest BCUT2D eigenvalue weighted by Crippen LogP contribution is 1.90. The van der Waals surface area contributed by atoms with Gasteiger partial charge < -0.3 is 15.8 Å². The number of carbonyl (C=O) groups excluding carboxylic acids is 1. The molecule has 16 heavy (non-hydrogen) atoms. The summed E-state index contributed by atoms with van der Waals surface area (Å²) in [4.78, 5) is 11.3. The number of methoxy groups -OCH3 is 1. The van der Waals surface area contributed by atoms with E-state index in [9.17, 15) is 13.2 Å². The van der Waals surface area contributed by atoms with Gasteiger partial charge in [-0.25, -0.2) is 13.6 Å². The maximum absolute atomic E-state index is 11.3.